The van der Waals surface area contributed by atoms with Gasteiger partial charge in [0, 0.05) is 57.1 Å². The van der Waals surface area contributed by atoms with E-state index < -0.39 is 16.1 Å². The van der Waals surface area contributed by atoms with Crippen molar-refractivity contribution in [2.75, 3.05) is 5.32 Å². The van der Waals surface area contributed by atoms with Crippen LogP contribution < -0.4 is 11.1 Å². The van der Waals surface area contributed by atoms with Crippen LogP contribution in [-0.2, 0) is 10.1 Å². The van der Waals surface area contributed by atoms with Crippen molar-refractivity contribution in [3.8, 4) is 0 Å². The van der Waals surface area contributed by atoms with Gasteiger partial charge in [0.2, 0.25) is 0 Å². The number of anilines is 1. The average molecular weight is 255 g/mol. The Morgan fingerprint density at radius 2 is 1.73 bits per heavy atom. The van der Waals surface area contributed by atoms with E-state index in [2.05, 4.69) is 5.32 Å². The number of nitrogens with one attached hydrogen (secondary N) is 1. The van der Waals surface area contributed by atoms with Crippen LogP contribution in [0.25, 0.3) is 0 Å². The number of amides is 2. The van der Waals surface area contributed by atoms with E-state index >= 15 is 0 Å². The molecule has 4 N–H and O–H groups in total. The van der Waals surface area contributed by atoms with Crippen molar-refractivity contribution < 1.29 is 17.8 Å². The van der Waals surface area contributed by atoms with Gasteiger partial charge in [0.25, 0.3) is 10.1 Å². The summed E-state index contributed by atoms with van der Waals surface area (Å²) in [5, 5.41) is 2.25. The number of carbonyl (C=O) groups is 1. The Morgan fingerprint density at radius 3 is 2.07 bits per heavy atom. The second kappa shape index (κ2) is 5.94. The molecule has 2 amide bonds. The van der Waals surface area contributed by atoms with E-state index in [0.29, 0.717) is 5.69 Å². The maximum Gasteiger partial charge on any atom is 0.316 e. The van der Waals surface area contributed by atoms with Gasteiger partial charge in [-0.2, -0.15) is 8.42 Å². The van der Waals surface area contributed by atoms with E-state index in [1.165, 1.54) is 12.1 Å². The summed E-state index contributed by atoms with van der Waals surface area (Å²) in [6.07, 6.45) is 0. The molecular formula is C7H8KN2O4S. The van der Waals surface area contributed by atoms with E-state index in [1.54, 1.807) is 0 Å². The van der Waals surface area contributed by atoms with Crippen LogP contribution in [0.4, 0.5) is 10.5 Å². The molecule has 0 atom stereocenters. The molecule has 0 bridgehead atoms. The Kier molecular flexibility index (Phi) is 5.96. The first-order chi connectivity index (χ1) is 6.39. The second-order valence-corrected chi connectivity index (χ2v) is 3.91. The number of urea groups is 1. The summed E-state index contributed by atoms with van der Waals surface area (Å²) in [6.45, 7) is 0. The topological polar surface area (TPSA) is 109 Å². The molecule has 8 heteroatoms. The third-order valence-electron chi connectivity index (χ3n) is 1.42. The Morgan fingerprint density at radius 1 is 1.27 bits per heavy atom. The first-order valence-corrected chi connectivity index (χ1v) is 4.97. The van der Waals surface area contributed by atoms with Gasteiger partial charge in [-0.15, -0.1) is 0 Å². The van der Waals surface area contributed by atoms with Crippen LogP contribution in [-0.4, -0.2) is 70.4 Å². The molecule has 1 rings (SSSR count). The van der Waals surface area contributed by atoms with Gasteiger partial charge < -0.3 is 11.1 Å². The van der Waals surface area contributed by atoms with Crippen LogP contribution in [0.1, 0.15) is 0 Å². The van der Waals surface area contributed by atoms with Crippen LogP contribution in [0.3, 0.4) is 0 Å². The number of carbonyl (C=O) groups excluding carboxylic acids is 1. The standard InChI is InChI=1S/C7H8N2O4S.K/c8-7(10)9-5-1-3-6(4-2-5)14(11,12)13;/h1-4H,(H3,8,9,10)(H,11,12,13);. The Bertz CT molecular complexity index is 443. The zero-order chi connectivity index (χ0) is 10.8. The first kappa shape index (κ1) is 15.0. The molecule has 15 heavy (non-hydrogen) atoms. The van der Waals surface area contributed by atoms with Crippen LogP contribution in [0.15, 0.2) is 29.2 Å². The van der Waals surface area contributed by atoms with Gasteiger partial charge in [-0.05, 0) is 24.3 Å². The summed E-state index contributed by atoms with van der Waals surface area (Å²) in [6, 6.07) is 4.19. The summed E-state index contributed by atoms with van der Waals surface area (Å²) in [5.74, 6) is 0. The summed E-state index contributed by atoms with van der Waals surface area (Å²) in [5.41, 5.74) is 5.18. The summed E-state index contributed by atoms with van der Waals surface area (Å²) in [4.78, 5) is 10.2. The molecule has 0 aromatic heterocycles. The summed E-state index contributed by atoms with van der Waals surface area (Å²) in [7, 11) is -4.19. The fraction of sp³-hybridized carbons (Fsp3) is 0. The molecule has 0 aliphatic heterocycles. The fourth-order valence-corrected chi connectivity index (χ4v) is 1.33. The molecule has 0 spiro atoms. The maximum atomic E-state index is 10.6. The smallest absolute Gasteiger partial charge is 0.316 e. The van der Waals surface area contributed by atoms with Gasteiger partial charge >= 0.3 is 6.03 Å². The predicted octanol–water partition coefficient (Wildman–Crippen LogP) is 0.0431. The molecule has 0 unspecified atom stereocenters. The van der Waals surface area contributed by atoms with Gasteiger partial charge in [-0.1, -0.05) is 0 Å². The fourth-order valence-electron chi connectivity index (χ4n) is 0.852. The average Bonchev–Trinajstić information content (AvgIpc) is 2.02. The number of benzene rings is 1. The number of nitrogens with two attached hydrogens (primary N) is 1. The number of primary amides is 1. The minimum absolute atomic E-state index is 0. The third-order valence-corrected chi connectivity index (χ3v) is 2.29. The van der Waals surface area contributed by atoms with E-state index in [4.69, 9.17) is 10.3 Å². The molecule has 0 saturated heterocycles. The van der Waals surface area contributed by atoms with Gasteiger partial charge in [0.1, 0.15) is 0 Å². The maximum absolute atomic E-state index is 10.6. The first-order valence-electron chi connectivity index (χ1n) is 3.53. The molecule has 0 aliphatic rings. The van der Waals surface area contributed by atoms with E-state index in [9.17, 15) is 13.2 Å². The van der Waals surface area contributed by atoms with Crippen molar-refractivity contribution in [2.24, 2.45) is 5.73 Å². The quantitative estimate of drug-likeness (QED) is 0.512. The van der Waals surface area contributed by atoms with Crippen molar-refractivity contribution in [3.63, 3.8) is 0 Å². The molecule has 6 nitrogen and oxygen atoms in total. The number of hydrogen-bond donors (Lipinski definition) is 3. The SMILES string of the molecule is NC(=O)Nc1ccc(S(=O)(=O)O)cc1.[K]. The van der Waals surface area contributed by atoms with Crippen LogP contribution in [0.2, 0.25) is 0 Å². The van der Waals surface area contributed by atoms with Gasteiger partial charge in [-0.3, -0.25) is 4.55 Å². The molecule has 1 aromatic rings. The summed E-state index contributed by atoms with van der Waals surface area (Å²) < 4.78 is 29.8. The molecule has 77 valence electrons. The van der Waals surface area contributed by atoms with Gasteiger partial charge in [-0.25, -0.2) is 4.79 Å². The summed E-state index contributed by atoms with van der Waals surface area (Å²) >= 11 is 0. The predicted molar refractivity (Wildman–Crippen MR) is 55.2 cm³/mol. The zero-order valence-electron chi connectivity index (χ0n) is 7.97. The Labute approximate surface area is 129 Å². The molecule has 0 fully saturated rings. The van der Waals surface area contributed by atoms with Crippen LogP contribution in [0.5, 0.6) is 0 Å². The number of hydrogen-bond acceptors (Lipinski definition) is 3. The van der Waals surface area contributed by atoms with Crippen molar-refractivity contribution in [1.29, 1.82) is 0 Å². The minimum atomic E-state index is -4.19. The van der Waals surface area contributed by atoms with Gasteiger partial charge in [0.05, 0.1) is 4.90 Å². The molecular weight excluding hydrogens is 247 g/mol. The molecule has 1 radical (unpaired) electrons. The van der Waals surface area contributed by atoms with Crippen LogP contribution in [0, 0.1) is 0 Å². The Hall–Kier alpha value is 0.0364. The van der Waals surface area contributed by atoms with Crippen molar-refractivity contribution in [3.05, 3.63) is 24.3 Å². The molecule has 0 saturated carbocycles. The van der Waals surface area contributed by atoms with Crippen LogP contribution >= 0.6 is 0 Å². The molecule has 0 heterocycles. The van der Waals surface area contributed by atoms with E-state index in [1.807, 2.05) is 0 Å². The Balaban J connectivity index is 0.00000196. The minimum Gasteiger partial charge on any atom is -0.351 e. The zero-order valence-corrected chi connectivity index (χ0v) is 11.9. The second-order valence-electron chi connectivity index (χ2n) is 2.49. The monoisotopic (exact) mass is 255 g/mol. The van der Waals surface area contributed by atoms with Gasteiger partial charge in [0.15, 0.2) is 0 Å². The van der Waals surface area contributed by atoms with Crippen molar-refractivity contribution >= 4 is 73.2 Å². The van der Waals surface area contributed by atoms with Crippen molar-refractivity contribution in [2.45, 2.75) is 4.90 Å². The third kappa shape index (κ3) is 5.07. The normalized spacial score (nSPS) is 10.2. The van der Waals surface area contributed by atoms with Crippen molar-refractivity contribution in [1.82, 2.24) is 0 Å². The number of rotatable bonds is 2. The molecule has 0 aliphatic carbocycles. The molecule has 1 aromatic carbocycles. The van der Waals surface area contributed by atoms with E-state index in [-0.39, 0.29) is 56.3 Å². The largest absolute Gasteiger partial charge is 0.351 e. The van der Waals surface area contributed by atoms with E-state index in [0.717, 1.165) is 12.1 Å².